The maximum atomic E-state index is 12.0. The van der Waals surface area contributed by atoms with E-state index < -0.39 is 0 Å². The van der Waals surface area contributed by atoms with Gasteiger partial charge in [-0.3, -0.25) is 10.1 Å². The van der Waals surface area contributed by atoms with Crippen LogP contribution in [0.4, 0.5) is 16.1 Å². The molecule has 0 saturated carbocycles. The molecule has 102 valence electrons. The highest BCUT2D eigenvalue weighted by atomic mass is 32.1. The van der Waals surface area contributed by atoms with Gasteiger partial charge in [0.15, 0.2) is 10.3 Å². The van der Waals surface area contributed by atoms with Crippen LogP contribution >= 0.6 is 22.7 Å². The number of nitrogens with two attached hydrogens (primary N) is 1. The van der Waals surface area contributed by atoms with Crippen LogP contribution in [0.25, 0.3) is 0 Å². The molecule has 19 heavy (non-hydrogen) atoms. The van der Waals surface area contributed by atoms with Crippen molar-refractivity contribution in [2.24, 2.45) is 0 Å². The van der Waals surface area contributed by atoms with Crippen molar-refractivity contribution in [3.05, 3.63) is 16.0 Å². The molecule has 4 N–H and O–H groups in total. The summed E-state index contributed by atoms with van der Waals surface area (Å²) in [6, 6.07) is 0. The minimum Gasteiger partial charge on any atom is -0.382 e. The van der Waals surface area contributed by atoms with Crippen molar-refractivity contribution in [3.8, 4) is 0 Å². The zero-order chi connectivity index (χ0) is 13.8. The lowest BCUT2D eigenvalue weighted by molar-refractivity contribution is 0.103. The van der Waals surface area contributed by atoms with Crippen molar-refractivity contribution in [1.29, 1.82) is 0 Å². The number of nitrogens with zero attached hydrogens (tertiary/aromatic N) is 2. The zero-order valence-electron chi connectivity index (χ0n) is 10.7. The van der Waals surface area contributed by atoms with E-state index in [1.54, 1.807) is 6.20 Å². The predicted molar refractivity (Wildman–Crippen MR) is 80.1 cm³/mol. The summed E-state index contributed by atoms with van der Waals surface area (Å²) in [5, 5.41) is 7.07. The lowest BCUT2D eigenvalue weighted by Gasteiger charge is -1.98. The number of carbonyl (C=O) groups excluding carboxylic acids is 1. The van der Waals surface area contributed by atoms with Gasteiger partial charge in [0.25, 0.3) is 5.91 Å². The Bertz CT molecular complexity index is 577. The minimum absolute atomic E-state index is 0.245. The van der Waals surface area contributed by atoms with E-state index >= 15 is 0 Å². The van der Waals surface area contributed by atoms with Crippen molar-refractivity contribution in [2.75, 3.05) is 22.9 Å². The van der Waals surface area contributed by atoms with E-state index in [1.165, 1.54) is 22.7 Å². The Morgan fingerprint density at radius 3 is 2.84 bits per heavy atom. The van der Waals surface area contributed by atoms with Gasteiger partial charge in [0.2, 0.25) is 0 Å². The van der Waals surface area contributed by atoms with Gasteiger partial charge in [-0.15, -0.1) is 11.3 Å². The first-order chi connectivity index (χ1) is 9.10. The van der Waals surface area contributed by atoms with Gasteiger partial charge in [0.1, 0.15) is 10.7 Å². The molecule has 2 rings (SSSR count). The van der Waals surface area contributed by atoms with Gasteiger partial charge in [-0.1, -0.05) is 18.3 Å². The lowest BCUT2D eigenvalue weighted by Crippen LogP contribution is -2.11. The fourth-order valence-corrected chi connectivity index (χ4v) is 2.83. The smallest absolute Gasteiger partial charge is 0.271 e. The molecule has 8 heteroatoms. The Morgan fingerprint density at radius 1 is 1.42 bits per heavy atom. The summed E-state index contributed by atoms with van der Waals surface area (Å²) in [5.41, 5.74) is 5.75. The van der Waals surface area contributed by atoms with Crippen LogP contribution in [0.1, 0.15) is 27.9 Å². The molecule has 0 spiro atoms. The molecule has 0 fully saturated rings. The SMILES string of the molecule is CCCNc1nc(N)c(C(=O)Nc2ncc(C)s2)s1. The monoisotopic (exact) mass is 297 g/mol. The quantitative estimate of drug-likeness (QED) is 0.788. The number of nitrogen functional groups attached to an aromatic ring is 1. The van der Waals surface area contributed by atoms with Crippen LogP contribution in [0, 0.1) is 6.92 Å². The minimum atomic E-state index is -0.270. The molecule has 0 aliphatic heterocycles. The Balaban J connectivity index is 2.08. The normalized spacial score (nSPS) is 10.4. The van der Waals surface area contributed by atoms with Gasteiger partial charge >= 0.3 is 0 Å². The number of anilines is 3. The molecule has 0 bridgehead atoms. The predicted octanol–water partition coefficient (Wildman–Crippen LogP) is 2.56. The highest BCUT2D eigenvalue weighted by Gasteiger charge is 2.17. The zero-order valence-corrected chi connectivity index (χ0v) is 12.3. The number of rotatable bonds is 5. The number of thiazole rings is 2. The second-order valence-corrected chi connectivity index (χ2v) is 6.12. The van der Waals surface area contributed by atoms with E-state index in [0.29, 0.717) is 15.1 Å². The van der Waals surface area contributed by atoms with Crippen LogP contribution in [0.5, 0.6) is 0 Å². The molecular formula is C11H15N5OS2. The van der Waals surface area contributed by atoms with Crippen LogP contribution in [-0.4, -0.2) is 22.4 Å². The van der Waals surface area contributed by atoms with Crippen LogP contribution in [-0.2, 0) is 0 Å². The summed E-state index contributed by atoms with van der Waals surface area (Å²) in [7, 11) is 0. The molecule has 0 unspecified atom stereocenters. The van der Waals surface area contributed by atoms with Gasteiger partial charge in [0, 0.05) is 17.6 Å². The molecule has 2 aromatic rings. The fourth-order valence-electron chi connectivity index (χ4n) is 1.37. The largest absolute Gasteiger partial charge is 0.382 e. The molecule has 0 aliphatic rings. The standard InChI is InChI=1S/C11H15N5OS2/c1-3-4-13-10-15-8(12)7(19-10)9(17)16-11-14-5-6(2)18-11/h5H,3-4,12H2,1-2H3,(H,13,15)(H,14,16,17). The Labute approximate surface area is 119 Å². The first-order valence-corrected chi connectivity index (χ1v) is 7.47. The molecule has 0 aliphatic carbocycles. The van der Waals surface area contributed by atoms with Gasteiger partial charge in [-0.2, -0.15) is 0 Å². The first kappa shape index (κ1) is 13.8. The molecule has 1 amide bonds. The van der Waals surface area contributed by atoms with E-state index in [0.717, 1.165) is 17.8 Å². The molecular weight excluding hydrogens is 282 g/mol. The van der Waals surface area contributed by atoms with E-state index in [-0.39, 0.29) is 11.7 Å². The average molecular weight is 297 g/mol. The third-order valence-electron chi connectivity index (χ3n) is 2.23. The highest BCUT2D eigenvalue weighted by Crippen LogP contribution is 2.26. The van der Waals surface area contributed by atoms with Gasteiger partial charge in [0.05, 0.1) is 0 Å². The van der Waals surface area contributed by atoms with Crippen molar-refractivity contribution in [2.45, 2.75) is 20.3 Å². The molecule has 0 radical (unpaired) electrons. The molecule has 0 aromatic carbocycles. The van der Waals surface area contributed by atoms with Crippen LogP contribution in [0.2, 0.25) is 0 Å². The summed E-state index contributed by atoms with van der Waals surface area (Å²) >= 11 is 2.67. The Morgan fingerprint density at radius 2 is 2.21 bits per heavy atom. The first-order valence-electron chi connectivity index (χ1n) is 5.84. The summed E-state index contributed by atoms with van der Waals surface area (Å²) in [6.45, 7) is 4.79. The van der Waals surface area contributed by atoms with Crippen molar-refractivity contribution < 1.29 is 4.79 Å². The third-order valence-corrected chi connectivity index (χ3v) is 4.08. The third kappa shape index (κ3) is 3.42. The van der Waals surface area contributed by atoms with Crippen LogP contribution < -0.4 is 16.4 Å². The number of hydrogen-bond donors (Lipinski definition) is 3. The lowest BCUT2D eigenvalue weighted by atomic mass is 10.5. The van der Waals surface area contributed by atoms with Gasteiger partial charge < -0.3 is 11.1 Å². The van der Waals surface area contributed by atoms with E-state index in [9.17, 15) is 4.79 Å². The van der Waals surface area contributed by atoms with Gasteiger partial charge in [-0.25, -0.2) is 9.97 Å². The summed E-state index contributed by atoms with van der Waals surface area (Å²) < 4.78 is 0. The number of aryl methyl sites for hydroxylation is 1. The Hall–Kier alpha value is -1.67. The summed E-state index contributed by atoms with van der Waals surface area (Å²) in [6.07, 6.45) is 2.70. The number of aromatic nitrogens is 2. The second-order valence-electron chi connectivity index (χ2n) is 3.89. The van der Waals surface area contributed by atoms with Crippen molar-refractivity contribution >= 4 is 44.7 Å². The Kier molecular flexibility index (Phi) is 4.33. The summed E-state index contributed by atoms with van der Waals surface area (Å²) in [4.78, 5) is 21.7. The maximum Gasteiger partial charge on any atom is 0.271 e. The van der Waals surface area contributed by atoms with Crippen LogP contribution in [0.3, 0.4) is 0 Å². The molecule has 0 saturated heterocycles. The van der Waals surface area contributed by atoms with Crippen molar-refractivity contribution in [1.82, 2.24) is 9.97 Å². The van der Waals surface area contributed by atoms with E-state index in [2.05, 4.69) is 27.5 Å². The maximum absolute atomic E-state index is 12.0. The fraction of sp³-hybridized carbons (Fsp3) is 0.364. The number of nitrogens with one attached hydrogen (secondary N) is 2. The average Bonchev–Trinajstić information content (AvgIpc) is 2.93. The van der Waals surface area contributed by atoms with Crippen molar-refractivity contribution in [3.63, 3.8) is 0 Å². The molecule has 2 aromatic heterocycles. The molecule has 0 atom stereocenters. The molecule has 6 nitrogen and oxygen atoms in total. The number of carbonyl (C=O) groups is 1. The topological polar surface area (TPSA) is 92.9 Å². The highest BCUT2D eigenvalue weighted by molar-refractivity contribution is 7.18. The molecule has 2 heterocycles. The number of hydrogen-bond acceptors (Lipinski definition) is 7. The van der Waals surface area contributed by atoms with E-state index in [4.69, 9.17) is 5.73 Å². The second kappa shape index (κ2) is 5.98. The van der Waals surface area contributed by atoms with Gasteiger partial charge in [-0.05, 0) is 13.3 Å². The van der Waals surface area contributed by atoms with E-state index in [1.807, 2.05) is 6.92 Å². The van der Waals surface area contributed by atoms with Crippen LogP contribution in [0.15, 0.2) is 6.20 Å². The summed E-state index contributed by atoms with van der Waals surface area (Å²) in [5.74, 6) is -0.0247. The number of amides is 1.